The first-order valence-corrected chi connectivity index (χ1v) is 12.4. The number of aryl methyl sites for hydroxylation is 2. The second-order valence-electron chi connectivity index (χ2n) is 9.19. The molecule has 1 aliphatic heterocycles. The van der Waals surface area contributed by atoms with E-state index in [2.05, 4.69) is 18.3 Å². The largest absolute Gasteiger partial charge is 0.438 e. The van der Waals surface area contributed by atoms with Crippen LogP contribution in [0.15, 0.2) is 83.3 Å². The highest BCUT2D eigenvalue weighted by molar-refractivity contribution is 6.05. The molecule has 3 aromatic carbocycles. The predicted octanol–water partition coefficient (Wildman–Crippen LogP) is 6.35. The Hall–Kier alpha value is -4.63. The number of amides is 2. The van der Waals surface area contributed by atoms with Gasteiger partial charge in [0.25, 0.3) is 0 Å². The molecule has 1 saturated heterocycles. The molecular weight excluding hydrogens is 462 g/mol. The van der Waals surface area contributed by atoms with Gasteiger partial charge in [-0.05, 0) is 30.0 Å². The second kappa shape index (κ2) is 10.2. The molecule has 0 radical (unpaired) electrons. The van der Waals surface area contributed by atoms with Crippen LogP contribution in [0.2, 0.25) is 0 Å². The van der Waals surface area contributed by atoms with Gasteiger partial charge in [-0.1, -0.05) is 85.8 Å². The standard InChI is InChI=1S/C31H27N3O3/c1-3-21-16-10-11-20(2)28(21)34-19-24(17-26(34)35)30(36)33-31-25(18-32)27(22-12-6-4-7-13-22)29(37-31)23-14-8-5-9-15-23/h4-16,24H,3,17,19H2,1-2H3,(H,33,36). The Kier molecular flexibility index (Phi) is 6.61. The van der Waals surface area contributed by atoms with Gasteiger partial charge in [-0.2, -0.15) is 5.26 Å². The maximum absolute atomic E-state index is 13.4. The fourth-order valence-electron chi connectivity index (χ4n) is 5.00. The summed E-state index contributed by atoms with van der Waals surface area (Å²) in [4.78, 5) is 28.1. The van der Waals surface area contributed by atoms with Gasteiger partial charge in [0.05, 0.1) is 5.92 Å². The lowest BCUT2D eigenvalue weighted by molar-refractivity contribution is -0.122. The Bertz CT molecular complexity index is 1500. The van der Waals surface area contributed by atoms with Crippen LogP contribution in [-0.4, -0.2) is 18.4 Å². The van der Waals surface area contributed by atoms with Gasteiger partial charge in [-0.25, -0.2) is 0 Å². The monoisotopic (exact) mass is 489 g/mol. The van der Waals surface area contributed by atoms with Crippen LogP contribution in [0.5, 0.6) is 0 Å². The number of hydrogen-bond acceptors (Lipinski definition) is 4. The Morgan fingerprint density at radius 1 is 1.03 bits per heavy atom. The number of anilines is 2. The van der Waals surface area contributed by atoms with Gasteiger partial charge in [-0.3, -0.25) is 14.9 Å². The second-order valence-corrected chi connectivity index (χ2v) is 9.19. The van der Waals surface area contributed by atoms with Crippen LogP contribution in [0.4, 0.5) is 11.6 Å². The van der Waals surface area contributed by atoms with E-state index in [1.54, 1.807) is 4.90 Å². The highest BCUT2D eigenvalue weighted by Gasteiger charge is 2.37. The van der Waals surface area contributed by atoms with Crippen LogP contribution in [0.3, 0.4) is 0 Å². The van der Waals surface area contributed by atoms with E-state index in [-0.39, 0.29) is 36.2 Å². The van der Waals surface area contributed by atoms with E-state index in [0.717, 1.165) is 34.4 Å². The van der Waals surface area contributed by atoms with Crippen molar-refractivity contribution in [1.82, 2.24) is 0 Å². The zero-order valence-corrected chi connectivity index (χ0v) is 20.8. The molecule has 1 aromatic heterocycles. The van der Waals surface area contributed by atoms with Crippen LogP contribution in [-0.2, 0) is 16.0 Å². The number of nitriles is 1. The normalized spacial score (nSPS) is 15.0. The molecule has 4 aromatic rings. The summed E-state index contributed by atoms with van der Waals surface area (Å²) in [6, 6.07) is 27.2. The van der Waals surface area contributed by atoms with Gasteiger partial charge >= 0.3 is 0 Å². The summed E-state index contributed by atoms with van der Waals surface area (Å²) in [6.45, 7) is 4.31. The van der Waals surface area contributed by atoms with Crippen molar-refractivity contribution in [2.45, 2.75) is 26.7 Å². The van der Waals surface area contributed by atoms with E-state index in [1.165, 1.54) is 0 Å². The molecule has 0 spiro atoms. The summed E-state index contributed by atoms with van der Waals surface area (Å²) in [5.74, 6) is -0.378. The molecule has 0 saturated carbocycles. The fourth-order valence-corrected chi connectivity index (χ4v) is 5.00. The van der Waals surface area contributed by atoms with Gasteiger partial charge in [0, 0.05) is 29.8 Å². The first kappa shape index (κ1) is 24.1. The molecule has 5 rings (SSSR count). The highest BCUT2D eigenvalue weighted by atomic mass is 16.4. The molecule has 0 bridgehead atoms. The Morgan fingerprint density at radius 2 is 1.70 bits per heavy atom. The van der Waals surface area contributed by atoms with Crippen molar-refractivity contribution in [2.24, 2.45) is 5.92 Å². The zero-order valence-electron chi connectivity index (χ0n) is 20.8. The van der Waals surface area contributed by atoms with E-state index >= 15 is 0 Å². The third-order valence-corrected chi connectivity index (χ3v) is 6.82. The molecule has 1 aliphatic rings. The maximum atomic E-state index is 13.4. The smallest absolute Gasteiger partial charge is 0.232 e. The van der Waals surface area contributed by atoms with Crippen LogP contribution in [0, 0.1) is 24.2 Å². The Morgan fingerprint density at radius 3 is 2.35 bits per heavy atom. The lowest BCUT2D eigenvalue weighted by Crippen LogP contribution is -2.29. The van der Waals surface area contributed by atoms with E-state index < -0.39 is 5.92 Å². The van der Waals surface area contributed by atoms with Crippen molar-refractivity contribution in [3.05, 3.63) is 95.6 Å². The molecule has 0 aliphatic carbocycles. The van der Waals surface area contributed by atoms with Crippen molar-refractivity contribution < 1.29 is 14.0 Å². The molecule has 2 amide bonds. The molecule has 184 valence electrons. The summed E-state index contributed by atoms with van der Waals surface area (Å²) < 4.78 is 6.15. The number of carbonyl (C=O) groups is 2. The molecule has 1 atom stereocenters. The summed E-state index contributed by atoms with van der Waals surface area (Å²) >= 11 is 0. The molecule has 6 nitrogen and oxygen atoms in total. The number of para-hydroxylation sites is 1. The van der Waals surface area contributed by atoms with Crippen molar-refractivity contribution in [1.29, 1.82) is 5.26 Å². The van der Waals surface area contributed by atoms with E-state index in [0.29, 0.717) is 11.3 Å². The lowest BCUT2D eigenvalue weighted by Gasteiger charge is -2.22. The van der Waals surface area contributed by atoms with E-state index in [9.17, 15) is 14.9 Å². The summed E-state index contributed by atoms with van der Waals surface area (Å²) in [7, 11) is 0. The minimum Gasteiger partial charge on any atom is -0.438 e. The van der Waals surface area contributed by atoms with Crippen molar-refractivity contribution in [3.8, 4) is 28.5 Å². The number of carbonyl (C=O) groups excluding carboxylic acids is 2. The SMILES string of the molecule is CCc1cccc(C)c1N1CC(C(=O)Nc2oc(-c3ccccc3)c(-c3ccccc3)c2C#N)CC1=O. The van der Waals surface area contributed by atoms with Crippen LogP contribution < -0.4 is 10.2 Å². The first-order chi connectivity index (χ1) is 18.0. The molecular formula is C31H27N3O3. The highest BCUT2D eigenvalue weighted by Crippen LogP contribution is 2.41. The Labute approximate surface area is 216 Å². The van der Waals surface area contributed by atoms with Gasteiger partial charge in [0.15, 0.2) is 0 Å². The summed E-state index contributed by atoms with van der Waals surface area (Å²) in [6.07, 6.45) is 0.892. The van der Waals surface area contributed by atoms with Crippen LogP contribution in [0.1, 0.15) is 30.0 Å². The number of benzene rings is 3. The van der Waals surface area contributed by atoms with Gasteiger partial charge in [0.2, 0.25) is 17.7 Å². The lowest BCUT2D eigenvalue weighted by atomic mass is 9.98. The number of nitrogens with zero attached hydrogens (tertiary/aromatic N) is 2. The van der Waals surface area contributed by atoms with Crippen LogP contribution >= 0.6 is 0 Å². The minimum absolute atomic E-state index is 0.0842. The number of furan rings is 1. The average Bonchev–Trinajstić information content (AvgIpc) is 3.49. The van der Waals surface area contributed by atoms with Crippen molar-refractivity contribution in [3.63, 3.8) is 0 Å². The third-order valence-electron chi connectivity index (χ3n) is 6.82. The third kappa shape index (κ3) is 4.52. The van der Waals surface area contributed by atoms with Crippen molar-refractivity contribution in [2.75, 3.05) is 16.8 Å². The Balaban J connectivity index is 1.47. The molecule has 37 heavy (non-hydrogen) atoms. The van der Waals surface area contributed by atoms with Gasteiger partial charge < -0.3 is 9.32 Å². The van der Waals surface area contributed by atoms with E-state index in [4.69, 9.17) is 4.42 Å². The molecule has 1 unspecified atom stereocenters. The quantitative estimate of drug-likeness (QED) is 0.342. The summed E-state index contributed by atoms with van der Waals surface area (Å²) in [5, 5.41) is 12.9. The molecule has 1 N–H and O–H groups in total. The minimum atomic E-state index is -0.561. The van der Waals surface area contributed by atoms with E-state index in [1.807, 2.05) is 85.8 Å². The maximum Gasteiger partial charge on any atom is 0.232 e. The van der Waals surface area contributed by atoms with Gasteiger partial charge in [0.1, 0.15) is 17.4 Å². The topological polar surface area (TPSA) is 86.3 Å². The number of nitrogens with one attached hydrogen (secondary N) is 1. The fraction of sp³-hybridized carbons (Fsp3) is 0.194. The molecule has 6 heteroatoms. The van der Waals surface area contributed by atoms with Gasteiger partial charge in [-0.15, -0.1) is 0 Å². The molecule has 1 fully saturated rings. The van der Waals surface area contributed by atoms with Crippen molar-refractivity contribution >= 4 is 23.4 Å². The molecule has 2 heterocycles. The first-order valence-electron chi connectivity index (χ1n) is 12.4. The number of hydrogen-bond donors (Lipinski definition) is 1. The zero-order chi connectivity index (χ0) is 25.9. The summed E-state index contributed by atoms with van der Waals surface area (Å²) in [5.41, 5.74) is 5.47. The average molecular weight is 490 g/mol. The van der Waals surface area contributed by atoms with Crippen LogP contribution in [0.25, 0.3) is 22.5 Å². The number of rotatable bonds is 6. The predicted molar refractivity (Wildman–Crippen MR) is 144 cm³/mol.